The van der Waals surface area contributed by atoms with Crippen molar-refractivity contribution < 1.29 is 19.4 Å². The van der Waals surface area contributed by atoms with E-state index < -0.39 is 5.97 Å². The Balaban J connectivity index is 2.08. The zero-order valence-corrected chi connectivity index (χ0v) is 30.9. The third-order valence-electron chi connectivity index (χ3n) is 9.02. The van der Waals surface area contributed by atoms with E-state index in [0.29, 0.717) is 24.7 Å². The highest BCUT2D eigenvalue weighted by Gasteiger charge is 2.11. The number of rotatable bonds is 35. The van der Waals surface area contributed by atoms with Crippen LogP contribution < -0.4 is 9.47 Å². The third-order valence-corrected chi connectivity index (χ3v) is 9.02. The molecule has 0 aromatic heterocycles. The van der Waals surface area contributed by atoms with Gasteiger partial charge in [0.15, 0.2) is 11.5 Å². The first-order valence-electron chi connectivity index (χ1n) is 20.1. The minimum absolute atomic E-state index is 0.241. The smallest absolute Gasteiger partial charge is 0.335 e. The Labute approximate surface area is 291 Å². The summed E-state index contributed by atoms with van der Waals surface area (Å²) in [5.74, 6) is 0.279. The lowest BCUT2D eigenvalue weighted by Crippen LogP contribution is -2.05. The molecule has 4 nitrogen and oxygen atoms in total. The minimum Gasteiger partial charge on any atom is -0.490 e. The van der Waals surface area contributed by atoms with Crippen LogP contribution in [0, 0.1) is 0 Å². The number of carboxylic acids is 1. The highest BCUT2D eigenvalue weighted by molar-refractivity contribution is 5.88. The molecular weight excluding hydrogens is 580 g/mol. The molecule has 47 heavy (non-hydrogen) atoms. The van der Waals surface area contributed by atoms with Crippen molar-refractivity contribution in [2.75, 3.05) is 13.2 Å². The van der Waals surface area contributed by atoms with Gasteiger partial charge in [0.05, 0.1) is 18.8 Å². The van der Waals surface area contributed by atoms with Crippen molar-refractivity contribution in [3.8, 4) is 11.5 Å². The van der Waals surface area contributed by atoms with Crippen LogP contribution in [0.25, 0.3) is 0 Å². The molecule has 0 heterocycles. The SMILES string of the molecule is CCCCCCCC/C=C/CCCCCCCCOc1ccc(C(=O)O)cc1OCCCCCCCC/C=C/CCCCCCCC. The summed E-state index contributed by atoms with van der Waals surface area (Å²) >= 11 is 0. The lowest BCUT2D eigenvalue weighted by atomic mass is 10.1. The van der Waals surface area contributed by atoms with Crippen LogP contribution in [-0.4, -0.2) is 24.3 Å². The quantitative estimate of drug-likeness (QED) is 0.0584. The van der Waals surface area contributed by atoms with Gasteiger partial charge in [-0.15, -0.1) is 0 Å². The van der Waals surface area contributed by atoms with Crippen LogP contribution in [0.3, 0.4) is 0 Å². The Morgan fingerprint density at radius 3 is 1.21 bits per heavy atom. The molecule has 1 N–H and O–H groups in total. The first-order chi connectivity index (χ1) is 23.2. The number of allylic oxidation sites excluding steroid dienone is 4. The number of aromatic carboxylic acids is 1. The fraction of sp³-hybridized carbons (Fsp3) is 0.744. The number of carbonyl (C=O) groups is 1. The van der Waals surface area contributed by atoms with E-state index in [2.05, 4.69) is 38.2 Å². The predicted octanol–water partition coefficient (Wildman–Crippen LogP) is 14.2. The Kier molecular flexibility index (Phi) is 30.6. The van der Waals surface area contributed by atoms with E-state index in [9.17, 15) is 9.90 Å². The fourth-order valence-corrected chi connectivity index (χ4v) is 5.94. The molecule has 0 fully saturated rings. The second kappa shape index (κ2) is 33.7. The van der Waals surface area contributed by atoms with Gasteiger partial charge in [-0.05, 0) is 82.4 Å². The highest BCUT2D eigenvalue weighted by Crippen LogP contribution is 2.29. The minimum atomic E-state index is -0.938. The lowest BCUT2D eigenvalue weighted by Gasteiger charge is -2.13. The maximum atomic E-state index is 11.5. The molecule has 0 amide bonds. The van der Waals surface area contributed by atoms with Crippen molar-refractivity contribution in [2.45, 2.75) is 194 Å². The normalized spacial score (nSPS) is 11.6. The summed E-state index contributed by atoms with van der Waals surface area (Å²) in [5, 5.41) is 9.45. The van der Waals surface area contributed by atoms with E-state index in [0.717, 1.165) is 25.7 Å². The average Bonchev–Trinajstić information content (AvgIpc) is 3.07. The van der Waals surface area contributed by atoms with Gasteiger partial charge in [-0.1, -0.05) is 154 Å². The van der Waals surface area contributed by atoms with Crippen LogP contribution in [0.2, 0.25) is 0 Å². The number of benzene rings is 1. The van der Waals surface area contributed by atoms with Gasteiger partial charge in [0, 0.05) is 0 Å². The molecule has 0 saturated carbocycles. The Bertz CT molecular complexity index is 890. The van der Waals surface area contributed by atoms with Gasteiger partial charge in [-0.3, -0.25) is 0 Å². The van der Waals surface area contributed by atoms with E-state index >= 15 is 0 Å². The third kappa shape index (κ3) is 27.4. The van der Waals surface area contributed by atoms with Crippen LogP contribution >= 0.6 is 0 Å². The maximum Gasteiger partial charge on any atom is 0.335 e. The molecule has 0 aliphatic rings. The van der Waals surface area contributed by atoms with E-state index in [1.54, 1.807) is 18.2 Å². The van der Waals surface area contributed by atoms with Gasteiger partial charge < -0.3 is 14.6 Å². The van der Waals surface area contributed by atoms with Crippen molar-refractivity contribution in [1.82, 2.24) is 0 Å². The van der Waals surface area contributed by atoms with Crippen LogP contribution in [-0.2, 0) is 0 Å². The first kappa shape index (κ1) is 42.8. The molecule has 270 valence electrons. The first-order valence-corrected chi connectivity index (χ1v) is 20.1. The van der Waals surface area contributed by atoms with Gasteiger partial charge in [-0.2, -0.15) is 0 Å². The van der Waals surface area contributed by atoms with E-state index in [-0.39, 0.29) is 5.56 Å². The van der Waals surface area contributed by atoms with Crippen molar-refractivity contribution in [1.29, 1.82) is 0 Å². The van der Waals surface area contributed by atoms with Crippen molar-refractivity contribution >= 4 is 5.97 Å². The molecule has 4 heteroatoms. The second-order valence-electron chi connectivity index (χ2n) is 13.5. The Morgan fingerprint density at radius 2 is 0.830 bits per heavy atom. The van der Waals surface area contributed by atoms with Gasteiger partial charge >= 0.3 is 5.97 Å². The summed E-state index contributed by atoms with van der Waals surface area (Å²) in [5.41, 5.74) is 0.241. The largest absolute Gasteiger partial charge is 0.490 e. The van der Waals surface area contributed by atoms with Crippen molar-refractivity contribution in [3.63, 3.8) is 0 Å². The van der Waals surface area contributed by atoms with Gasteiger partial charge in [-0.25, -0.2) is 4.79 Å². The van der Waals surface area contributed by atoms with Gasteiger partial charge in [0.2, 0.25) is 0 Å². The van der Waals surface area contributed by atoms with Crippen LogP contribution in [0.5, 0.6) is 11.5 Å². The van der Waals surface area contributed by atoms with Crippen molar-refractivity contribution in [2.24, 2.45) is 0 Å². The molecule has 0 bridgehead atoms. The molecule has 0 atom stereocenters. The number of ether oxygens (including phenoxy) is 2. The molecular formula is C43H74O4. The molecule has 0 unspecified atom stereocenters. The molecule has 1 aromatic carbocycles. The van der Waals surface area contributed by atoms with Crippen molar-refractivity contribution in [3.05, 3.63) is 48.1 Å². The number of hydrogen-bond donors (Lipinski definition) is 1. The average molecular weight is 655 g/mol. The van der Waals surface area contributed by atoms with Crippen LogP contribution in [0.15, 0.2) is 42.5 Å². The maximum absolute atomic E-state index is 11.5. The van der Waals surface area contributed by atoms with Gasteiger partial charge in [0.25, 0.3) is 0 Å². The molecule has 0 saturated heterocycles. The lowest BCUT2D eigenvalue weighted by molar-refractivity contribution is 0.0696. The summed E-state index contributed by atoms with van der Waals surface area (Å²) in [4.78, 5) is 11.5. The summed E-state index contributed by atoms with van der Waals surface area (Å²) < 4.78 is 12.1. The number of unbranched alkanes of at least 4 members (excludes halogenated alkanes) is 24. The predicted molar refractivity (Wildman–Crippen MR) is 203 cm³/mol. The van der Waals surface area contributed by atoms with E-state index in [4.69, 9.17) is 9.47 Å². The van der Waals surface area contributed by atoms with Crippen LogP contribution in [0.4, 0.5) is 0 Å². The summed E-state index contributed by atoms with van der Waals surface area (Å²) in [6.07, 6.45) is 45.4. The standard InChI is InChI=1S/C43H74O4/c1-3-5-7-9-11-13-15-17-19-21-23-25-27-29-31-33-37-46-41-36-35-40(43(44)45)39-42(41)47-38-34-32-30-28-26-24-22-20-18-16-14-12-10-8-6-4-2/h17-20,35-36,39H,3-16,21-34,37-38H2,1-2H3,(H,44,45)/b19-17+,20-18+. The molecule has 1 aromatic rings. The number of carboxylic acid groups (broad SMARTS) is 1. The fourth-order valence-electron chi connectivity index (χ4n) is 5.94. The summed E-state index contributed by atoms with van der Waals surface area (Å²) in [6.45, 7) is 5.78. The molecule has 0 radical (unpaired) electrons. The Hall–Kier alpha value is -2.23. The highest BCUT2D eigenvalue weighted by atomic mass is 16.5. The van der Waals surface area contributed by atoms with Crippen LogP contribution in [0.1, 0.15) is 204 Å². The zero-order chi connectivity index (χ0) is 33.9. The number of hydrogen-bond acceptors (Lipinski definition) is 3. The zero-order valence-electron chi connectivity index (χ0n) is 30.9. The second-order valence-corrected chi connectivity index (χ2v) is 13.5. The topological polar surface area (TPSA) is 55.8 Å². The van der Waals surface area contributed by atoms with E-state index in [1.807, 2.05) is 0 Å². The monoisotopic (exact) mass is 655 g/mol. The summed E-state index contributed by atoms with van der Waals surface area (Å²) in [7, 11) is 0. The molecule has 1 rings (SSSR count). The summed E-state index contributed by atoms with van der Waals surface area (Å²) in [6, 6.07) is 4.97. The molecule has 0 aliphatic heterocycles. The Morgan fingerprint density at radius 1 is 0.489 bits per heavy atom. The molecule has 0 spiro atoms. The van der Waals surface area contributed by atoms with E-state index in [1.165, 1.54) is 154 Å². The molecule has 0 aliphatic carbocycles. The van der Waals surface area contributed by atoms with Gasteiger partial charge in [0.1, 0.15) is 0 Å².